The van der Waals surface area contributed by atoms with E-state index in [1.54, 1.807) is 6.08 Å². The molecule has 23 heavy (non-hydrogen) atoms. The van der Waals surface area contributed by atoms with Crippen LogP contribution in [0.4, 0.5) is 8.78 Å². The predicted octanol–water partition coefficient (Wildman–Crippen LogP) is 5.29. The van der Waals surface area contributed by atoms with Gasteiger partial charge in [-0.1, -0.05) is 12.2 Å². The van der Waals surface area contributed by atoms with E-state index in [2.05, 4.69) is 13.2 Å². The Morgan fingerprint density at radius 3 is 2.17 bits per heavy atom. The Morgan fingerprint density at radius 2 is 1.61 bits per heavy atom. The van der Waals surface area contributed by atoms with Gasteiger partial charge in [0.1, 0.15) is 0 Å². The van der Waals surface area contributed by atoms with Crippen LogP contribution in [0.2, 0.25) is 0 Å². The monoisotopic (exact) mass is 322 g/mol. The topological polar surface area (TPSA) is 18.5 Å². The first-order chi connectivity index (χ1) is 11.2. The second kappa shape index (κ2) is 8.70. The number of ether oxygens (including phenoxy) is 2. The maximum absolute atomic E-state index is 14.0. The van der Waals surface area contributed by atoms with Crippen LogP contribution in [0.25, 0.3) is 0 Å². The zero-order chi connectivity index (χ0) is 16.7. The summed E-state index contributed by atoms with van der Waals surface area (Å²) in [6.45, 7) is 8.05. The zero-order valence-corrected chi connectivity index (χ0v) is 13.4. The second-order valence-corrected chi connectivity index (χ2v) is 5.94. The Bertz CT molecular complexity index is 534. The summed E-state index contributed by atoms with van der Waals surface area (Å²) in [6.07, 6.45) is 8.47. The zero-order valence-electron chi connectivity index (χ0n) is 13.4. The molecule has 0 N–H and O–H groups in total. The van der Waals surface area contributed by atoms with Gasteiger partial charge in [0.25, 0.3) is 0 Å². The van der Waals surface area contributed by atoms with Crippen molar-refractivity contribution >= 4 is 0 Å². The molecule has 0 saturated heterocycles. The van der Waals surface area contributed by atoms with E-state index in [1.807, 2.05) is 6.08 Å². The molecule has 0 amide bonds. The lowest BCUT2D eigenvalue weighted by atomic mass is 9.82. The summed E-state index contributed by atoms with van der Waals surface area (Å²) in [5.41, 5.74) is 0. The largest absolute Gasteiger partial charge is 0.490 e. The molecule has 0 bridgehead atoms. The minimum atomic E-state index is -0.998. The van der Waals surface area contributed by atoms with Gasteiger partial charge in [0.2, 0.25) is 11.6 Å². The van der Waals surface area contributed by atoms with Gasteiger partial charge in [-0.2, -0.15) is 8.78 Å². The molecule has 1 fully saturated rings. The van der Waals surface area contributed by atoms with Crippen molar-refractivity contribution < 1.29 is 18.3 Å². The lowest BCUT2D eigenvalue weighted by Crippen LogP contribution is -2.19. The third-order valence-electron chi connectivity index (χ3n) is 4.29. The van der Waals surface area contributed by atoms with E-state index in [0.29, 0.717) is 24.9 Å². The van der Waals surface area contributed by atoms with Crippen LogP contribution in [0.3, 0.4) is 0 Å². The SMILES string of the molecule is C=CCCOc1ccc(OCC2CCC(C=C)CC2)c(F)c1F. The number of rotatable bonds is 8. The van der Waals surface area contributed by atoms with Crippen molar-refractivity contribution in [1.82, 2.24) is 0 Å². The molecule has 0 heterocycles. The molecule has 1 saturated carbocycles. The second-order valence-electron chi connectivity index (χ2n) is 5.94. The first-order valence-electron chi connectivity index (χ1n) is 8.12. The smallest absolute Gasteiger partial charge is 0.204 e. The molecule has 1 aromatic carbocycles. The minimum Gasteiger partial charge on any atom is -0.490 e. The molecule has 0 aromatic heterocycles. The molecule has 1 aliphatic carbocycles. The van der Waals surface area contributed by atoms with E-state index >= 15 is 0 Å². The van der Waals surface area contributed by atoms with E-state index in [-0.39, 0.29) is 18.1 Å². The van der Waals surface area contributed by atoms with E-state index in [9.17, 15) is 8.78 Å². The van der Waals surface area contributed by atoms with Crippen LogP contribution in [0.1, 0.15) is 32.1 Å². The summed E-state index contributed by atoms with van der Waals surface area (Å²) in [5, 5.41) is 0. The van der Waals surface area contributed by atoms with Crippen LogP contribution in [0.5, 0.6) is 11.5 Å². The molecule has 1 aliphatic rings. The number of allylic oxidation sites excluding steroid dienone is 1. The van der Waals surface area contributed by atoms with Gasteiger partial charge in [-0.25, -0.2) is 0 Å². The summed E-state index contributed by atoms with van der Waals surface area (Å²) >= 11 is 0. The number of benzene rings is 1. The van der Waals surface area contributed by atoms with E-state index in [4.69, 9.17) is 9.47 Å². The first-order valence-corrected chi connectivity index (χ1v) is 8.12. The van der Waals surface area contributed by atoms with Gasteiger partial charge < -0.3 is 9.47 Å². The van der Waals surface area contributed by atoms with Gasteiger partial charge in [0.15, 0.2) is 11.5 Å². The van der Waals surface area contributed by atoms with Crippen molar-refractivity contribution in [3.05, 3.63) is 49.1 Å². The predicted molar refractivity (Wildman–Crippen MR) is 87.8 cm³/mol. The fourth-order valence-corrected chi connectivity index (χ4v) is 2.79. The normalized spacial score (nSPS) is 20.8. The van der Waals surface area contributed by atoms with Gasteiger partial charge in [0, 0.05) is 0 Å². The summed E-state index contributed by atoms with van der Waals surface area (Å²) in [4.78, 5) is 0. The molecule has 2 rings (SSSR count). The van der Waals surface area contributed by atoms with Crippen molar-refractivity contribution in [1.29, 1.82) is 0 Å². The molecule has 4 heteroatoms. The van der Waals surface area contributed by atoms with Gasteiger partial charge in [-0.15, -0.1) is 13.2 Å². The van der Waals surface area contributed by atoms with Gasteiger partial charge >= 0.3 is 0 Å². The maximum atomic E-state index is 14.0. The lowest BCUT2D eigenvalue weighted by molar-refractivity contribution is 0.187. The fourth-order valence-electron chi connectivity index (χ4n) is 2.79. The van der Waals surface area contributed by atoms with Crippen molar-refractivity contribution in [2.75, 3.05) is 13.2 Å². The highest BCUT2D eigenvalue weighted by atomic mass is 19.2. The molecular formula is C19H24F2O2. The average Bonchev–Trinajstić information content (AvgIpc) is 2.58. The third kappa shape index (κ3) is 4.81. The lowest BCUT2D eigenvalue weighted by Gasteiger charge is -2.26. The van der Waals surface area contributed by atoms with Gasteiger partial charge in [-0.05, 0) is 56.1 Å². The molecule has 2 nitrogen and oxygen atoms in total. The molecule has 0 spiro atoms. The summed E-state index contributed by atoms with van der Waals surface area (Å²) in [7, 11) is 0. The highest BCUT2D eigenvalue weighted by molar-refractivity contribution is 5.35. The Kier molecular flexibility index (Phi) is 6.63. The van der Waals surface area contributed by atoms with Crippen LogP contribution in [0.15, 0.2) is 37.4 Å². The third-order valence-corrected chi connectivity index (χ3v) is 4.29. The summed E-state index contributed by atoms with van der Waals surface area (Å²) < 4.78 is 38.6. The Balaban J connectivity index is 1.89. The number of halogens is 2. The van der Waals surface area contributed by atoms with Crippen molar-refractivity contribution in [3.63, 3.8) is 0 Å². The van der Waals surface area contributed by atoms with Crippen molar-refractivity contribution in [2.24, 2.45) is 11.8 Å². The molecule has 0 atom stereocenters. The van der Waals surface area contributed by atoms with Crippen LogP contribution >= 0.6 is 0 Å². The first kappa shape index (κ1) is 17.5. The van der Waals surface area contributed by atoms with Crippen LogP contribution in [-0.4, -0.2) is 13.2 Å². The molecule has 0 aliphatic heterocycles. The minimum absolute atomic E-state index is 0.0515. The Labute approximate surface area is 136 Å². The number of hydrogen-bond donors (Lipinski definition) is 0. The molecule has 0 unspecified atom stereocenters. The Hall–Kier alpha value is -1.84. The van der Waals surface area contributed by atoms with E-state index in [0.717, 1.165) is 25.7 Å². The summed E-state index contributed by atoms with van der Waals surface area (Å²) in [6, 6.07) is 2.84. The van der Waals surface area contributed by atoms with Crippen LogP contribution in [-0.2, 0) is 0 Å². The van der Waals surface area contributed by atoms with Crippen LogP contribution < -0.4 is 9.47 Å². The van der Waals surface area contributed by atoms with Gasteiger partial charge in [0.05, 0.1) is 13.2 Å². The van der Waals surface area contributed by atoms with E-state index < -0.39 is 11.6 Å². The molecule has 0 radical (unpaired) electrons. The molecule has 1 aromatic rings. The molecular weight excluding hydrogens is 298 g/mol. The van der Waals surface area contributed by atoms with Crippen molar-refractivity contribution in [3.8, 4) is 11.5 Å². The highest BCUT2D eigenvalue weighted by Crippen LogP contribution is 2.32. The highest BCUT2D eigenvalue weighted by Gasteiger charge is 2.21. The van der Waals surface area contributed by atoms with E-state index in [1.165, 1.54) is 12.1 Å². The average molecular weight is 322 g/mol. The fraction of sp³-hybridized carbons (Fsp3) is 0.474. The van der Waals surface area contributed by atoms with Gasteiger partial charge in [-0.3, -0.25) is 0 Å². The van der Waals surface area contributed by atoms with Crippen molar-refractivity contribution in [2.45, 2.75) is 32.1 Å². The summed E-state index contributed by atoms with van der Waals surface area (Å²) in [5.74, 6) is -1.17. The Morgan fingerprint density at radius 1 is 1.00 bits per heavy atom. The number of hydrogen-bond acceptors (Lipinski definition) is 2. The maximum Gasteiger partial charge on any atom is 0.204 e. The molecule has 126 valence electrons. The quantitative estimate of drug-likeness (QED) is 0.478. The van der Waals surface area contributed by atoms with Crippen LogP contribution in [0, 0.1) is 23.5 Å². The standard InChI is InChI=1S/C19H24F2O2/c1-3-5-12-22-16-10-11-17(19(21)18(16)20)23-13-15-8-6-14(4-2)7-9-15/h3-4,10-11,14-15H,1-2,5-9,12-13H2.